The van der Waals surface area contributed by atoms with Gasteiger partial charge >= 0.3 is 7.82 Å². The van der Waals surface area contributed by atoms with Crippen LogP contribution in [-0.2, 0) is 18.4 Å². The zero-order valence-electron chi connectivity index (χ0n) is 26.8. The van der Waals surface area contributed by atoms with Crippen LogP contribution >= 0.6 is 7.82 Å². The number of aliphatic hydroxyl groups excluding tert-OH is 1. The van der Waals surface area contributed by atoms with Gasteiger partial charge in [0.1, 0.15) is 13.2 Å². The minimum atomic E-state index is -4.28. The molecule has 3 atom stereocenters. The van der Waals surface area contributed by atoms with Gasteiger partial charge in [0.2, 0.25) is 5.91 Å². The second-order valence-electron chi connectivity index (χ2n) is 12.5. The Labute approximate surface area is 247 Å². The maximum absolute atomic E-state index is 12.6. The minimum Gasteiger partial charge on any atom is -0.391 e. The first-order chi connectivity index (χ1) is 19.0. The van der Waals surface area contributed by atoms with Crippen LogP contribution in [-0.4, -0.2) is 73.4 Å². The Morgan fingerprint density at radius 1 is 0.750 bits per heavy atom. The van der Waals surface area contributed by atoms with Crippen LogP contribution in [0.4, 0.5) is 0 Å². The lowest BCUT2D eigenvalue weighted by Crippen LogP contribution is -2.46. The average Bonchev–Trinajstić information content (AvgIpc) is 2.88. The van der Waals surface area contributed by atoms with E-state index in [-0.39, 0.29) is 19.1 Å². The predicted octanol–water partition coefficient (Wildman–Crippen LogP) is 7.51. The van der Waals surface area contributed by atoms with Gasteiger partial charge in [-0.25, -0.2) is 4.57 Å². The second-order valence-corrected chi connectivity index (χ2v) is 14.0. The Bertz CT molecular complexity index is 644. The van der Waals surface area contributed by atoms with E-state index in [9.17, 15) is 19.4 Å². The number of carbonyl (C=O) groups is 1. The third kappa shape index (κ3) is 26.4. The topological polar surface area (TPSA) is 105 Å². The van der Waals surface area contributed by atoms with Crippen LogP contribution in [0, 0.1) is 0 Å². The summed E-state index contributed by atoms with van der Waals surface area (Å²) in [5.41, 5.74) is 0. The molecule has 0 saturated heterocycles. The van der Waals surface area contributed by atoms with E-state index in [0.29, 0.717) is 23.9 Å². The molecule has 0 aliphatic carbocycles. The van der Waals surface area contributed by atoms with Crippen molar-refractivity contribution in [2.45, 2.75) is 154 Å². The molecule has 40 heavy (non-hydrogen) atoms. The molecule has 1 unspecified atom stereocenters. The molecule has 0 aromatic heterocycles. The molecule has 0 aliphatic heterocycles. The molecule has 9 heteroatoms. The van der Waals surface area contributed by atoms with Crippen molar-refractivity contribution in [1.29, 1.82) is 0 Å². The number of hydrogen-bond donors (Lipinski definition) is 3. The summed E-state index contributed by atoms with van der Waals surface area (Å²) in [5, 5.41) is 13.7. The number of phosphoric ester groups is 1. The first-order valence-electron chi connectivity index (χ1n) is 16.4. The van der Waals surface area contributed by atoms with E-state index < -0.39 is 20.0 Å². The van der Waals surface area contributed by atoms with Crippen LogP contribution in [0.2, 0.25) is 0 Å². The second kappa shape index (κ2) is 25.0. The summed E-state index contributed by atoms with van der Waals surface area (Å²) in [6.45, 7) is 4.80. The average molecular weight is 594 g/mol. The molecule has 240 valence electrons. The van der Waals surface area contributed by atoms with Crippen LogP contribution in [0.25, 0.3) is 0 Å². The summed E-state index contributed by atoms with van der Waals surface area (Å²) >= 11 is 0. The number of likely N-dealkylation sites (N-methyl/N-ethyl adjacent to an activating group) is 1. The number of nitrogens with one attached hydrogen (secondary N) is 1. The van der Waals surface area contributed by atoms with Gasteiger partial charge in [-0.1, -0.05) is 123 Å². The molecule has 8 nitrogen and oxygen atoms in total. The molecule has 1 amide bonds. The summed E-state index contributed by atoms with van der Waals surface area (Å²) in [4.78, 5) is 22.7. The number of unbranched alkanes of at least 4 members (excludes halogenated alkanes) is 16. The normalized spacial score (nSPS) is 15.1. The standard InChI is InChI=1S/C31H65N2O6P/c1-6-8-10-12-14-15-16-17-19-20-22-24-30(34)29(28-39-40(36,37)38-27-26-33(3,4)5)32-31(35)25-23-21-18-13-11-9-7-2/h29-30,34H,6-28H2,1-5H3,(H-,32,35,36,37)/p+1/t29-,30+/m0/s1. The molecule has 0 heterocycles. The van der Waals surface area contributed by atoms with Crippen molar-refractivity contribution in [1.82, 2.24) is 5.32 Å². The van der Waals surface area contributed by atoms with Crippen LogP contribution in [0.15, 0.2) is 0 Å². The quantitative estimate of drug-likeness (QED) is 0.0471. The maximum Gasteiger partial charge on any atom is 0.472 e. The first kappa shape index (κ1) is 39.5. The largest absolute Gasteiger partial charge is 0.472 e. The fourth-order valence-corrected chi connectivity index (χ4v) is 5.37. The van der Waals surface area contributed by atoms with Crippen LogP contribution in [0.5, 0.6) is 0 Å². The van der Waals surface area contributed by atoms with Gasteiger partial charge in [-0.15, -0.1) is 0 Å². The number of nitrogens with zero attached hydrogens (tertiary/aromatic N) is 1. The molecule has 0 fully saturated rings. The van der Waals surface area contributed by atoms with Crippen molar-refractivity contribution in [3.05, 3.63) is 0 Å². The van der Waals surface area contributed by atoms with Crippen LogP contribution < -0.4 is 5.32 Å². The van der Waals surface area contributed by atoms with Gasteiger partial charge in [-0.05, 0) is 12.8 Å². The highest BCUT2D eigenvalue weighted by Gasteiger charge is 2.28. The smallest absolute Gasteiger partial charge is 0.391 e. The summed E-state index contributed by atoms with van der Waals surface area (Å²) in [6.07, 6.45) is 21.3. The Morgan fingerprint density at radius 3 is 1.68 bits per heavy atom. The number of phosphoric acid groups is 1. The van der Waals surface area contributed by atoms with E-state index in [1.807, 2.05) is 21.1 Å². The fraction of sp³-hybridized carbons (Fsp3) is 0.968. The highest BCUT2D eigenvalue weighted by molar-refractivity contribution is 7.47. The Kier molecular flexibility index (Phi) is 24.7. The number of carbonyl (C=O) groups excluding carboxylic acids is 1. The summed E-state index contributed by atoms with van der Waals surface area (Å²) in [5.74, 6) is -0.154. The van der Waals surface area contributed by atoms with E-state index in [4.69, 9.17) is 9.05 Å². The van der Waals surface area contributed by atoms with Crippen molar-refractivity contribution in [2.75, 3.05) is 40.9 Å². The molecular weight excluding hydrogens is 527 g/mol. The minimum absolute atomic E-state index is 0.0772. The van der Waals surface area contributed by atoms with Crippen molar-refractivity contribution in [3.63, 3.8) is 0 Å². The van der Waals surface area contributed by atoms with Gasteiger partial charge in [0, 0.05) is 6.42 Å². The van der Waals surface area contributed by atoms with E-state index in [1.54, 1.807) is 0 Å². The first-order valence-corrected chi connectivity index (χ1v) is 17.9. The van der Waals surface area contributed by atoms with Gasteiger partial charge in [-0.3, -0.25) is 13.8 Å². The van der Waals surface area contributed by atoms with Crippen molar-refractivity contribution in [2.24, 2.45) is 0 Å². The van der Waals surface area contributed by atoms with Crippen LogP contribution in [0.1, 0.15) is 142 Å². The fourth-order valence-electron chi connectivity index (χ4n) is 4.63. The van der Waals surface area contributed by atoms with Gasteiger partial charge < -0.3 is 19.8 Å². The highest BCUT2D eigenvalue weighted by Crippen LogP contribution is 2.43. The number of rotatable bonds is 29. The van der Waals surface area contributed by atoms with E-state index in [0.717, 1.165) is 38.5 Å². The molecular formula is C31H66N2O6P+. The third-order valence-corrected chi connectivity index (χ3v) is 8.34. The number of amides is 1. The molecule has 0 radical (unpaired) electrons. The zero-order chi connectivity index (χ0) is 30.1. The monoisotopic (exact) mass is 593 g/mol. The number of hydrogen-bond acceptors (Lipinski definition) is 5. The van der Waals surface area contributed by atoms with Crippen molar-refractivity contribution < 1.29 is 32.9 Å². The van der Waals surface area contributed by atoms with Crippen molar-refractivity contribution in [3.8, 4) is 0 Å². The molecule has 0 aliphatic rings. The van der Waals surface area contributed by atoms with E-state index >= 15 is 0 Å². The van der Waals surface area contributed by atoms with Gasteiger partial charge in [0.05, 0.1) is 39.9 Å². The van der Waals surface area contributed by atoms with Crippen LogP contribution in [0.3, 0.4) is 0 Å². The van der Waals surface area contributed by atoms with E-state index in [2.05, 4.69) is 19.2 Å². The van der Waals surface area contributed by atoms with Crippen molar-refractivity contribution >= 4 is 13.7 Å². The lowest BCUT2D eigenvalue weighted by Gasteiger charge is -2.26. The summed E-state index contributed by atoms with van der Waals surface area (Å²) in [7, 11) is 1.62. The molecule has 0 rings (SSSR count). The SMILES string of the molecule is CCCCCCCCCCCCC[C@@H](O)[C@H](COP(=O)(O)OCC[N+](C)(C)C)NC(=O)CCCCCCCCC. The van der Waals surface area contributed by atoms with Gasteiger partial charge in [0.25, 0.3) is 0 Å². The molecule has 0 aromatic rings. The van der Waals surface area contributed by atoms with Gasteiger partial charge in [0.15, 0.2) is 0 Å². The summed E-state index contributed by atoms with van der Waals surface area (Å²) in [6, 6.07) is -0.748. The predicted molar refractivity (Wildman–Crippen MR) is 166 cm³/mol. The summed E-state index contributed by atoms with van der Waals surface area (Å²) < 4.78 is 23.3. The molecule has 0 spiro atoms. The van der Waals surface area contributed by atoms with Gasteiger partial charge in [-0.2, -0.15) is 0 Å². The van der Waals surface area contributed by atoms with E-state index in [1.165, 1.54) is 77.0 Å². The maximum atomic E-state index is 12.6. The Morgan fingerprint density at radius 2 is 1.20 bits per heavy atom. The third-order valence-electron chi connectivity index (χ3n) is 7.36. The number of aliphatic hydroxyl groups is 1. The molecule has 3 N–H and O–H groups in total. The Balaban J connectivity index is 4.54. The zero-order valence-corrected chi connectivity index (χ0v) is 27.7. The molecule has 0 bridgehead atoms. The highest BCUT2D eigenvalue weighted by atomic mass is 31.2. The lowest BCUT2D eigenvalue weighted by molar-refractivity contribution is -0.870. The molecule has 0 aromatic carbocycles. The number of quaternary nitrogens is 1. The Hall–Kier alpha value is -0.500. The lowest BCUT2D eigenvalue weighted by atomic mass is 10.0. The molecule has 0 saturated carbocycles.